The lowest BCUT2D eigenvalue weighted by molar-refractivity contribution is 0.670. The van der Waals surface area contributed by atoms with E-state index in [1.807, 2.05) is 17.4 Å². The van der Waals surface area contributed by atoms with E-state index < -0.39 is 0 Å². The van der Waals surface area contributed by atoms with Crippen LogP contribution in [0.15, 0.2) is 381 Å². The second kappa shape index (κ2) is 23.9. The quantitative estimate of drug-likeness (QED) is 0.163. The van der Waals surface area contributed by atoms with Crippen molar-refractivity contribution in [2.45, 2.75) is 0 Å². The number of rotatable bonds is 4. The molecule has 12 heteroatoms. The van der Waals surface area contributed by atoms with Crippen molar-refractivity contribution in [3.63, 3.8) is 0 Å². The topological polar surface area (TPSA) is 37.5 Å². The zero-order chi connectivity index (χ0) is 70.7. The lowest BCUT2D eigenvalue weighted by atomic mass is 9.59. The molecule has 25 rings (SSSR count). The van der Waals surface area contributed by atoms with E-state index in [0.717, 1.165) is 33.3 Å². The third-order valence-corrected chi connectivity index (χ3v) is 24.1. The Morgan fingerprint density at radius 2 is 0.602 bits per heavy atom. The lowest BCUT2D eigenvalue weighted by Crippen LogP contribution is -2.55. The summed E-state index contributed by atoms with van der Waals surface area (Å²) in [5.41, 5.74) is 31.8. The summed E-state index contributed by atoms with van der Waals surface area (Å²) < 4.78 is 11.7. The van der Waals surface area contributed by atoms with Crippen LogP contribution in [0.4, 0.5) is 68.2 Å². The molecule has 0 N–H and O–H groups in total. The fourth-order valence-electron chi connectivity index (χ4n) is 18.6. The molecule has 6 aliphatic heterocycles. The molecule has 0 spiro atoms. The average Bonchev–Trinajstić information content (AvgIpc) is 1.53. The molecule has 0 atom stereocenters. The number of hydrogen-bond donors (Lipinski definition) is 0. The van der Waals surface area contributed by atoms with E-state index in [9.17, 15) is 0 Å². The summed E-state index contributed by atoms with van der Waals surface area (Å²) >= 11 is 1.91. The molecule has 0 saturated carbocycles. The van der Waals surface area contributed by atoms with E-state index in [-0.39, 0.29) is 20.9 Å². The molecule has 3 aromatic heterocycles. The van der Waals surface area contributed by atoms with Gasteiger partial charge in [0.1, 0.15) is 5.58 Å². The van der Waals surface area contributed by atoms with Crippen LogP contribution in [0.3, 0.4) is 0 Å². The molecule has 19 aromatic rings. The summed E-state index contributed by atoms with van der Waals surface area (Å²) in [5.74, 6) is 0. The molecule has 0 saturated heterocycles. The Labute approximate surface area is 629 Å². The van der Waals surface area contributed by atoms with Crippen LogP contribution >= 0.6 is 11.3 Å². The molecule has 8 nitrogen and oxygen atoms in total. The maximum atomic E-state index is 6.56. The smallest absolute Gasteiger partial charge is 0.421 e. The van der Waals surface area contributed by atoms with Crippen molar-refractivity contribution in [3.8, 4) is 39.1 Å². The predicted octanol–water partition coefficient (Wildman–Crippen LogP) is 23.4. The van der Waals surface area contributed by atoms with Gasteiger partial charge in [-0.3, -0.25) is 0 Å². The predicted molar refractivity (Wildman–Crippen MR) is 458 cm³/mol. The van der Waals surface area contributed by atoms with Crippen molar-refractivity contribution in [2.75, 3.05) is 28.9 Å². The number of para-hydroxylation sites is 9. The molecule has 0 amide bonds. The number of hydrogen-bond acceptors (Lipinski definition) is 8. The highest BCUT2D eigenvalue weighted by molar-refractivity contribution is 7.26. The Morgan fingerprint density at radius 1 is 0.231 bits per heavy atom. The zero-order valence-corrected chi connectivity index (χ0v) is 59.3. The molecule has 0 unspecified atom stereocenters. The Balaban J connectivity index is 0.0000000983. The summed E-state index contributed by atoms with van der Waals surface area (Å²) in [4.78, 5) is 15.1. The van der Waals surface area contributed by atoms with Crippen LogP contribution in [0, 0.1) is 0 Å². The Bertz CT molecular complexity index is 6610. The third kappa shape index (κ3) is 8.77. The van der Waals surface area contributed by atoms with Crippen molar-refractivity contribution in [1.82, 2.24) is 4.57 Å². The number of furan rings is 1. The SMILES string of the molecule is c1ccc(N2B3c4ccccc4-c4ccccc4N3c3c2ccc2c3oc3ccccc32)cc1.c1ccc(N2B3c4ccccc4-c4ccccc4N3c3c2ccc2c3sc3ccccc32)cc1.c1ccc(N2B3c4ccccc4-c4ccccc4N3c3c2ccc2c4ccccc4n(-c4ccccc4)c32)cc1. The van der Waals surface area contributed by atoms with Crippen molar-refractivity contribution >= 4 is 181 Å². The van der Waals surface area contributed by atoms with Gasteiger partial charge in [0, 0.05) is 93.5 Å². The molecule has 108 heavy (non-hydrogen) atoms. The standard InChI is InChI=1S/C36H24BN3.C30H19BN2O.C30H19BN2S/c1-3-13-25(14-4-1)38-32-21-11-8-19-29(32)30-23-24-34-36(35(30)38)40-33-22-12-9-18-28(33)27-17-7-10-20-31(27)37(40)39(34)26-15-5-2-6-16-26;2*1-2-10-20(11-3-1)32-27-19-18-24-23-14-6-9-17-28(23)34-30(24)29(27)33-26-16-8-5-13-22(26)21-12-4-7-15-25(21)31(32)33/h1-24H;2*1-19H. The largest absolute Gasteiger partial charge is 0.454 e. The first-order valence-electron chi connectivity index (χ1n) is 37.2. The Kier molecular flexibility index (Phi) is 13.5. The molecule has 0 aliphatic carbocycles. The molecule has 0 bridgehead atoms. The minimum absolute atomic E-state index is 0.00214. The summed E-state index contributed by atoms with van der Waals surface area (Å²) in [6.07, 6.45) is 0. The first-order chi connectivity index (χ1) is 53.7. The highest BCUT2D eigenvalue weighted by Crippen LogP contribution is 2.59. The van der Waals surface area contributed by atoms with Crippen LogP contribution in [0.1, 0.15) is 0 Å². The van der Waals surface area contributed by atoms with Crippen LogP contribution in [0.5, 0.6) is 0 Å². The Hall–Kier alpha value is -13.7. The first kappa shape index (κ1) is 60.7. The first-order valence-corrected chi connectivity index (χ1v) is 38.0. The van der Waals surface area contributed by atoms with Crippen molar-refractivity contribution in [1.29, 1.82) is 0 Å². The monoisotopic (exact) mass is 1390 g/mol. The van der Waals surface area contributed by atoms with Gasteiger partial charge in [-0.2, -0.15) is 0 Å². The normalized spacial score (nSPS) is 13.6. The summed E-state index contributed by atoms with van der Waals surface area (Å²) in [6, 6.07) is 136. The third-order valence-electron chi connectivity index (χ3n) is 23.0. The second-order valence-corrected chi connectivity index (χ2v) is 29.5. The molecule has 0 fully saturated rings. The van der Waals surface area contributed by atoms with Crippen LogP contribution in [-0.4, -0.2) is 25.5 Å². The highest BCUT2D eigenvalue weighted by atomic mass is 32.1. The van der Waals surface area contributed by atoms with Crippen LogP contribution < -0.4 is 45.3 Å². The maximum absolute atomic E-state index is 6.56. The van der Waals surface area contributed by atoms with Gasteiger partial charge in [0.15, 0.2) is 5.58 Å². The fraction of sp³-hybridized carbons (Fsp3) is 0. The van der Waals surface area contributed by atoms with Gasteiger partial charge in [0.25, 0.3) is 0 Å². The maximum Gasteiger partial charge on any atom is 0.421 e. The number of benzene rings is 16. The number of anilines is 12. The number of fused-ring (bicyclic) bond motifs is 36. The van der Waals surface area contributed by atoms with E-state index >= 15 is 0 Å². The van der Waals surface area contributed by atoms with Crippen molar-refractivity contribution in [3.05, 3.63) is 376 Å². The van der Waals surface area contributed by atoms with Crippen LogP contribution in [-0.2, 0) is 0 Å². The van der Waals surface area contributed by atoms with Gasteiger partial charge in [0.05, 0.1) is 49.9 Å². The van der Waals surface area contributed by atoms with Crippen LogP contribution in [0.2, 0.25) is 0 Å². The van der Waals surface area contributed by atoms with E-state index in [4.69, 9.17) is 4.42 Å². The summed E-state index contributed by atoms with van der Waals surface area (Å²) in [7, 11) is 0. The molecular weight excluding hydrogens is 1330 g/mol. The molecule has 9 heterocycles. The van der Waals surface area contributed by atoms with Gasteiger partial charge in [-0.25, -0.2) is 0 Å². The summed E-state index contributed by atoms with van der Waals surface area (Å²) in [5, 5.41) is 7.52. The number of thiophene rings is 1. The molecule has 502 valence electrons. The number of nitrogens with zero attached hydrogens (tertiary/aromatic N) is 7. The molecule has 6 aliphatic rings. The van der Waals surface area contributed by atoms with Gasteiger partial charge in [-0.1, -0.05) is 267 Å². The van der Waals surface area contributed by atoms with Gasteiger partial charge >= 0.3 is 20.9 Å². The second-order valence-electron chi connectivity index (χ2n) is 28.5. The van der Waals surface area contributed by atoms with E-state index in [1.165, 1.54) is 154 Å². The van der Waals surface area contributed by atoms with Crippen LogP contribution in [0.25, 0.3) is 103 Å². The molecule has 0 radical (unpaired) electrons. The van der Waals surface area contributed by atoms with E-state index in [2.05, 4.69) is 403 Å². The average molecular weight is 1390 g/mol. The minimum atomic E-state index is -0.00339. The van der Waals surface area contributed by atoms with E-state index in [1.54, 1.807) is 0 Å². The van der Waals surface area contributed by atoms with Gasteiger partial charge in [-0.15, -0.1) is 11.3 Å². The molecule has 16 aromatic carbocycles. The van der Waals surface area contributed by atoms with Gasteiger partial charge < -0.3 is 37.8 Å². The van der Waals surface area contributed by atoms with Crippen molar-refractivity contribution in [2.24, 2.45) is 0 Å². The summed E-state index contributed by atoms with van der Waals surface area (Å²) in [6.45, 7) is 0.0676. The Morgan fingerprint density at radius 3 is 1.13 bits per heavy atom. The highest BCUT2D eigenvalue weighted by Gasteiger charge is 2.52. The van der Waals surface area contributed by atoms with Crippen molar-refractivity contribution < 1.29 is 4.42 Å². The number of aromatic nitrogens is 1. The molecular formula is C96H62B3N7OS. The van der Waals surface area contributed by atoms with E-state index in [0.29, 0.717) is 0 Å². The van der Waals surface area contributed by atoms with Gasteiger partial charge in [-0.05, 0) is 142 Å². The zero-order valence-electron chi connectivity index (χ0n) is 58.5. The minimum Gasteiger partial charge on any atom is -0.454 e. The lowest BCUT2D eigenvalue weighted by Gasteiger charge is -2.36. The van der Waals surface area contributed by atoms with Gasteiger partial charge in [0.2, 0.25) is 0 Å². The fourth-order valence-corrected chi connectivity index (χ4v) is 19.9.